The summed E-state index contributed by atoms with van der Waals surface area (Å²) in [6.07, 6.45) is 6.36. The number of nitrogens with zero attached hydrogens (tertiary/aromatic N) is 1. The standard InChI is InChI=1S/C27H50N4O5/c1-11-14-15-19(7)23(25(33)29-20(13-3)27(35)36-10)31(9)26(34)22(17(4)5)30-24(32)21(28-8)16-18(6)12-2/h11,14,17-23,28H,12-13,15-16H2,1-10H3,(H,29,33)(H,30,32). The number of carbonyl (C=O) groups excluding carboxylic acids is 4. The summed E-state index contributed by atoms with van der Waals surface area (Å²) in [7, 11) is 4.59. The fourth-order valence-corrected chi connectivity index (χ4v) is 4.07. The number of likely N-dealkylation sites (N-methyl/N-ethyl adjacent to an activating group) is 2. The van der Waals surface area contributed by atoms with E-state index < -0.39 is 36.0 Å². The van der Waals surface area contributed by atoms with Gasteiger partial charge in [0.15, 0.2) is 0 Å². The molecule has 3 amide bonds. The average Bonchev–Trinajstić information content (AvgIpc) is 2.85. The number of amides is 3. The fraction of sp³-hybridized carbons (Fsp3) is 0.778. The van der Waals surface area contributed by atoms with Gasteiger partial charge in [-0.05, 0) is 51.0 Å². The first-order valence-electron chi connectivity index (χ1n) is 13.1. The first-order chi connectivity index (χ1) is 16.9. The topological polar surface area (TPSA) is 117 Å². The predicted octanol–water partition coefficient (Wildman–Crippen LogP) is 2.65. The van der Waals surface area contributed by atoms with Crippen LogP contribution in [0.15, 0.2) is 12.2 Å². The number of allylic oxidation sites excluding steroid dienone is 2. The summed E-state index contributed by atoms with van der Waals surface area (Å²) in [6.45, 7) is 13.4. The molecule has 0 aliphatic carbocycles. The molecular formula is C27H50N4O5. The number of hydrogen-bond donors (Lipinski definition) is 3. The van der Waals surface area contributed by atoms with Gasteiger partial charge in [-0.3, -0.25) is 14.4 Å². The van der Waals surface area contributed by atoms with Crippen LogP contribution in [0, 0.1) is 17.8 Å². The summed E-state index contributed by atoms with van der Waals surface area (Å²) in [5.41, 5.74) is 0. The van der Waals surface area contributed by atoms with Crippen LogP contribution in [0.25, 0.3) is 0 Å². The van der Waals surface area contributed by atoms with Crippen LogP contribution in [0.2, 0.25) is 0 Å². The minimum atomic E-state index is -0.842. The largest absolute Gasteiger partial charge is 0.467 e. The Hall–Kier alpha value is -2.42. The fourth-order valence-electron chi connectivity index (χ4n) is 4.07. The van der Waals surface area contributed by atoms with Gasteiger partial charge in [-0.15, -0.1) is 0 Å². The molecule has 0 saturated carbocycles. The number of carbonyl (C=O) groups is 4. The SMILES string of the molecule is CC=CCC(C)C(C(=O)NC(CC)C(=O)OC)N(C)C(=O)C(NC(=O)C(CC(C)CC)NC)C(C)C. The molecule has 0 heterocycles. The molecule has 0 aliphatic rings. The lowest BCUT2D eigenvalue weighted by Gasteiger charge is -2.36. The van der Waals surface area contributed by atoms with Crippen molar-refractivity contribution in [3.05, 3.63) is 12.2 Å². The highest BCUT2D eigenvalue weighted by atomic mass is 16.5. The van der Waals surface area contributed by atoms with Crippen molar-refractivity contribution in [2.24, 2.45) is 17.8 Å². The summed E-state index contributed by atoms with van der Waals surface area (Å²) < 4.78 is 4.80. The lowest BCUT2D eigenvalue weighted by atomic mass is 9.93. The highest BCUT2D eigenvalue weighted by molar-refractivity contribution is 5.94. The molecule has 0 saturated heterocycles. The van der Waals surface area contributed by atoms with Gasteiger partial charge in [0.05, 0.1) is 13.2 Å². The minimum absolute atomic E-state index is 0.196. The van der Waals surface area contributed by atoms with Gasteiger partial charge in [-0.2, -0.15) is 0 Å². The van der Waals surface area contributed by atoms with Crippen molar-refractivity contribution in [3.8, 4) is 0 Å². The number of ether oxygens (including phenoxy) is 1. The van der Waals surface area contributed by atoms with Crippen molar-refractivity contribution in [3.63, 3.8) is 0 Å². The molecule has 6 atom stereocenters. The Morgan fingerprint density at radius 1 is 0.944 bits per heavy atom. The molecule has 36 heavy (non-hydrogen) atoms. The molecule has 0 spiro atoms. The Kier molecular flexibility index (Phi) is 16.0. The Morgan fingerprint density at radius 2 is 1.56 bits per heavy atom. The van der Waals surface area contributed by atoms with E-state index in [0.29, 0.717) is 25.2 Å². The van der Waals surface area contributed by atoms with Crippen LogP contribution in [0.5, 0.6) is 0 Å². The van der Waals surface area contributed by atoms with Gasteiger partial charge in [-0.1, -0.05) is 60.1 Å². The second kappa shape index (κ2) is 17.1. The molecule has 0 bridgehead atoms. The smallest absolute Gasteiger partial charge is 0.328 e. The Balaban J connectivity index is 5.95. The molecule has 0 aromatic rings. The highest BCUT2D eigenvalue weighted by Crippen LogP contribution is 2.19. The van der Waals surface area contributed by atoms with E-state index in [1.54, 1.807) is 21.0 Å². The van der Waals surface area contributed by atoms with Crippen LogP contribution in [-0.4, -0.2) is 74.0 Å². The van der Waals surface area contributed by atoms with Gasteiger partial charge in [0.2, 0.25) is 17.7 Å². The maximum atomic E-state index is 13.7. The van der Waals surface area contributed by atoms with Crippen LogP contribution in [0.4, 0.5) is 0 Å². The number of hydrogen-bond acceptors (Lipinski definition) is 6. The summed E-state index contributed by atoms with van der Waals surface area (Å²) in [4.78, 5) is 53.6. The zero-order chi connectivity index (χ0) is 28.0. The van der Waals surface area contributed by atoms with Crippen LogP contribution in [-0.2, 0) is 23.9 Å². The van der Waals surface area contributed by atoms with E-state index in [1.165, 1.54) is 12.0 Å². The maximum absolute atomic E-state index is 13.7. The third-order valence-electron chi connectivity index (χ3n) is 6.76. The van der Waals surface area contributed by atoms with E-state index in [-0.39, 0.29) is 23.7 Å². The number of esters is 1. The average molecular weight is 511 g/mol. The lowest BCUT2D eigenvalue weighted by Crippen LogP contribution is -2.60. The van der Waals surface area contributed by atoms with Crippen molar-refractivity contribution >= 4 is 23.7 Å². The zero-order valence-corrected chi connectivity index (χ0v) is 24.0. The van der Waals surface area contributed by atoms with Gasteiger partial charge < -0.3 is 25.6 Å². The van der Waals surface area contributed by atoms with Gasteiger partial charge in [0, 0.05) is 7.05 Å². The third kappa shape index (κ3) is 10.3. The molecule has 6 unspecified atom stereocenters. The lowest BCUT2D eigenvalue weighted by molar-refractivity contribution is -0.148. The normalized spacial score (nSPS) is 16.5. The second-order valence-corrected chi connectivity index (χ2v) is 9.99. The first kappa shape index (κ1) is 33.6. The van der Waals surface area contributed by atoms with Crippen molar-refractivity contribution in [2.45, 2.75) is 98.3 Å². The third-order valence-corrected chi connectivity index (χ3v) is 6.76. The molecule has 3 N–H and O–H groups in total. The van der Waals surface area contributed by atoms with E-state index in [9.17, 15) is 19.2 Å². The predicted molar refractivity (Wildman–Crippen MR) is 143 cm³/mol. The number of nitrogens with one attached hydrogen (secondary N) is 3. The second-order valence-electron chi connectivity index (χ2n) is 9.99. The zero-order valence-electron chi connectivity index (χ0n) is 24.0. The van der Waals surface area contributed by atoms with E-state index in [4.69, 9.17) is 4.74 Å². The molecule has 208 valence electrons. The van der Waals surface area contributed by atoms with E-state index in [1.807, 2.05) is 39.8 Å². The van der Waals surface area contributed by atoms with Gasteiger partial charge in [0.1, 0.15) is 18.1 Å². The highest BCUT2D eigenvalue weighted by Gasteiger charge is 2.38. The first-order valence-corrected chi connectivity index (χ1v) is 13.1. The van der Waals surface area contributed by atoms with Gasteiger partial charge in [0.25, 0.3) is 0 Å². The van der Waals surface area contributed by atoms with E-state index >= 15 is 0 Å². The summed E-state index contributed by atoms with van der Waals surface area (Å²) in [5, 5.41) is 8.72. The van der Waals surface area contributed by atoms with Gasteiger partial charge in [-0.25, -0.2) is 4.79 Å². The van der Waals surface area contributed by atoms with Crippen molar-refractivity contribution in [1.29, 1.82) is 0 Å². The molecular weight excluding hydrogens is 460 g/mol. The maximum Gasteiger partial charge on any atom is 0.328 e. The van der Waals surface area contributed by atoms with Crippen molar-refractivity contribution in [1.82, 2.24) is 20.9 Å². The van der Waals surface area contributed by atoms with Crippen molar-refractivity contribution < 1.29 is 23.9 Å². The minimum Gasteiger partial charge on any atom is -0.467 e. The molecule has 0 aromatic carbocycles. The van der Waals surface area contributed by atoms with Crippen LogP contribution >= 0.6 is 0 Å². The Morgan fingerprint density at radius 3 is 2.00 bits per heavy atom. The molecule has 9 nitrogen and oxygen atoms in total. The quantitative estimate of drug-likeness (QED) is 0.217. The Labute approximate surface area is 218 Å². The summed E-state index contributed by atoms with van der Waals surface area (Å²) in [5.74, 6) is -1.63. The summed E-state index contributed by atoms with van der Waals surface area (Å²) >= 11 is 0. The Bertz CT molecular complexity index is 740. The molecule has 9 heteroatoms. The van der Waals surface area contributed by atoms with Crippen LogP contribution in [0.1, 0.15) is 74.1 Å². The van der Waals surface area contributed by atoms with Crippen LogP contribution in [0.3, 0.4) is 0 Å². The molecule has 0 rings (SSSR count). The summed E-state index contributed by atoms with van der Waals surface area (Å²) in [6, 6.07) is -2.87. The monoisotopic (exact) mass is 510 g/mol. The van der Waals surface area contributed by atoms with Gasteiger partial charge >= 0.3 is 5.97 Å². The molecule has 0 aliphatic heterocycles. The van der Waals surface area contributed by atoms with Crippen LogP contribution < -0.4 is 16.0 Å². The van der Waals surface area contributed by atoms with E-state index in [2.05, 4.69) is 29.8 Å². The number of rotatable bonds is 16. The molecule has 0 aromatic heterocycles. The number of methoxy groups -OCH3 is 1. The van der Waals surface area contributed by atoms with Crippen molar-refractivity contribution in [2.75, 3.05) is 21.2 Å². The molecule has 0 radical (unpaired) electrons. The van der Waals surface area contributed by atoms with E-state index in [0.717, 1.165) is 6.42 Å². The molecule has 0 fully saturated rings.